The minimum Gasteiger partial charge on any atom is -0.493 e. The van der Waals surface area contributed by atoms with Crippen LogP contribution in [0, 0.1) is 5.82 Å². The number of carbonyl (C=O) groups excluding carboxylic acids is 3. The molecule has 2 atom stereocenters. The van der Waals surface area contributed by atoms with Gasteiger partial charge in [0.05, 0.1) is 26.0 Å². The van der Waals surface area contributed by atoms with Gasteiger partial charge in [-0.15, -0.1) is 0 Å². The van der Waals surface area contributed by atoms with E-state index in [0.717, 1.165) is 5.56 Å². The maximum absolute atomic E-state index is 14.6. The summed E-state index contributed by atoms with van der Waals surface area (Å²) >= 11 is 0. The molecule has 2 N–H and O–H groups in total. The molecule has 0 aliphatic carbocycles. The molecule has 2 aliphatic rings. The van der Waals surface area contributed by atoms with Gasteiger partial charge < -0.3 is 29.6 Å². The summed E-state index contributed by atoms with van der Waals surface area (Å²) in [5, 5.41) is 5.88. The maximum atomic E-state index is 14.6. The topological polar surface area (TPSA) is 128 Å². The number of nitrogens with one attached hydrogen (secondary N) is 2. The van der Waals surface area contributed by atoms with E-state index in [1.54, 1.807) is 30.3 Å². The van der Waals surface area contributed by atoms with Crippen molar-refractivity contribution in [2.75, 3.05) is 33.9 Å². The van der Waals surface area contributed by atoms with Crippen LogP contribution in [0.3, 0.4) is 0 Å². The summed E-state index contributed by atoms with van der Waals surface area (Å²) < 4.78 is 36.9. The summed E-state index contributed by atoms with van der Waals surface area (Å²) in [4.78, 5) is 44.2. The Morgan fingerprint density at radius 1 is 1.07 bits per heavy atom. The molecule has 11 nitrogen and oxygen atoms in total. The summed E-state index contributed by atoms with van der Waals surface area (Å²) in [5.41, 5.74) is 2.28. The van der Waals surface area contributed by atoms with E-state index in [1.807, 2.05) is 12.1 Å². The number of esters is 1. The SMILES string of the molecule is COC(=O)c1cccc(CN2CC[C@H]3Oc4cc(F)cc(c4)CNC(=O)CCc4ccc(OC)c(c4)OCC(=O)N[C@@H]3C2)n1. The minimum absolute atomic E-state index is 0.139. The Hall–Kier alpha value is -4.71. The van der Waals surface area contributed by atoms with Gasteiger partial charge in [-0.2, -0.15) is 0 Å². The van der Waals surface area contributed by atoms with E-state index in [2.05, 4.69) is 20.5 Å². The maximum Gasteiger partial charge on any atom is 0.356 e. The van der Waals surface area contributed by atoms with Gasteiger partial charge in [-0.1, -0.05) is 12.1 Å². The molecule has 0 saturated carbocycles. The Bertz CT molecular complexity index is 1520. The van der Waals surface area contributed by atoms with Gasteiger partial charge in [0, 0.05) is 38.7 Å². The van der Waals surface area contributed by atoms with Gasteiger partial charge in [0.25, 0.3) is 5.91 Å². The monoisotopic (exact) mass is 606 g/mol. The third-order valence-corrected chi connectivity index (χ3v) is 7.50. The summed E-state index contributed by atoms with van der Waals surface area (Å²) in [7, 11) is 2.82. The van der Waals surface area contributed by atoms with Crippen LogP contribution in [0.25, 0.3) is 0 Å². The first kappa shape index (κ1) is 30.7. The summed E-state index contributed by atoms with van der Waals surface area (Å²) in [5.74, 6) is -0.411. The number of halogens is 1. The number of amides is 2. The number of aryl methyl sites for hydroxylation is 1. The van der Waals surface area contributed by atoms with E-state index in [-0.39, 0.29) is 37.1 Å². The molecule has 0 radical (unpaired) electrons. The molecule has 12 heteroatoms. The molecule has 232 valence electrons. The van der Waals surface area contributed by atoms with E-state index in [0.29, 0.717) is 61.0 Å². The number of carbonyl (C=O) groups is 3. The molecule has 0 spiro atoms. The Labute approximate surface area is 254 Å². The second-order valence-electron chi connectivity index (χ2n) is 10.7. The van der Waals surface area contributed by atoms with Gasteiger partial charge in [-0.3, -0.25) is 14.5 Å². The normalized spacial score (nSPS) is 19.5. The third kappa shape index (κ3) is 8.01. The standard InChI is InChI=1S/C32H35FN4O7/c1-41-28-8-6-20-7-9-30(38)34-16-21-12-22(33)15-24(13-21)44-27-10-11-37(17-23-4-3-5-25(35-23)32(40)42-2)18-26(27)36-31(39)19-43-29(28)14-20/h3-6,8,12-15,26-27H,7,9-11,16-19H2,1-2H3,(H,34,38)(H,36,39)/t26-,27-/m1/s1. The largest absolute Gasteiger partial charge is 0.493 e. The van der Waals surface area contributed by atoms with Crippen LogP contribution in [0.1, 0.15) is 40.2 Å². The first-order chi connectivity index (χ1) is 21.3. The molecular weight excluding hydrogens is 571 g/mol. The first-order valence-electron chi connectivity index (χ1n) is 14.4. The molecule has 4 bridgehead atoms. The predicted octanol–water partition coefficient (Wildman–Crippen LogP) is 2.80. The van der Waals surface area contributed by atoms with Crippen molar-refractivity contribution in [2.45, 2.75) is 44.5 Å². The van der Waals surface area contributed by atoms with Crippen LogP contribution in [0.15, 0.2) is 54.6 Å². The molecule has 2 amide bonds. The van der Waals surface area contributed by atoms with Crippen molar-refractivity contribution in [1.29, 1.82) is 0 Å². The predicted molar refractivity (Wildman–Crippen MR) is 157 cm³/mol. The second kappa shape index (κ2) is 14.2. The molecule has 3 heterocycles. The number of hydrogen-bond acceptors (Lipinski definition) is 9. The van der Waals surface area contributed by atoms with Crippen LogP contribution in [-0.2, 0) is 33.8 Å². The fourth-order valence-corrected chi connectivity index (χ4v) is 5.33. The number of benzene rings is 2. The van der Waals surface area contributed by atoms with Gasteiger partial charge in [0.15, 0.2) is 18.1 Å². The average Bonchev–Trinajstić information content (AvgIpc) is 3.02. The number of piperidine rings is 1. The number of pyridine rings is 1. The Morgan fingerprint density at radius 2 is 1.93 bits per heavy atom. The fraction of sp³-hybridized carbons (Fsp3) is 0.375. The lowest BCUT2D eigenvalue weighted by Gasteiger charge is -2.38. The van der Waals surface area contributed by atoms with Crippen molar-refractivity contribution in [3.8, 4) is 17.2 Å². The van der Waals surface area contributed by atoms with E-state index >= 15 is 0 Å². The molecular formula is C32H35FN4O7. The zero-order valence-electron chi connectivity index (χ0n) is 24.6. The van der Waals surface area contributed by atoms with Gasteiger partial charge >= 0.3 is 5.97 Å². The molecule has 0 unspecified atom stereocenters. The summed E-state index contributed by atoms with van der Waals surface area (Å²) in [6.07, 6.45) is 0.687. The third-order valence-electron chi connectivity index (χ3n) is 7.50. The lowest BCUT2D eigenvalue weighted by molar-refractivity contribution is -0.125. The second-order valence-corrected chi connectivity index (χ2v) is 10.7. The van der Waals surface area contributed by atoms with Crippen LogP contribution < -0.4 is 24.8 Å². The van der Waals surface area contributed by atoms with Crippen molar-refractivity contribution in [3.05, 3.63) is 82.9 Å². The van der Waals surface area contributed by atoms with Gasteiger partial charge in [-0.25, -0.2) is 14.2 Å². The Balaban J connectivity index is 1.38. The lowest BCUT2D eigenvalue weighted by Crippen LogP contribution is -2.57. The van der Waals surface area contributed by atoms with Crippen molar-refractivity contribution < 1.29 is 37.7 Å². The summed E-state index contributed by atoms with van der Waals surface area (Å²) in [6.45, 7) is 1.28. The number of aromatic nitrogens is 1. The Kier molecular flexibility index (Phi) is 9.90. The number of rotatable bonds is 4. The number of ether oxygens (including phenoxy) is 4. The van der Waals surface area contributed by atoms with Crippen LogP contribution in [0.5, 0.6) is 17.2 Å². The highest BCUT2D eigenvalue weighted by Gasteiger charge is 2.33. The van der Waals surface area contributed by atoms with Gasteiger partial charge in [0.2, 0.25) is 5.91 Å². The van der Waals surface area contributed by atoms with E-state index in [1.165, 1.54) is 26.4 Å². The number of nitrogens with zero attached hydrogens (tertiary/aromatic N) is 2. The zero-order chi connectivity index (χ0) is 31.1. The van der Waals surface area contributed by atoms with E-state index in [9.17, 15) is 18.8 Å². The molecule has 2 aromatic carbocycles. The van der Waals surface area contributed by atoms with Crippen LogP contribution in [0.4, 0.5) is 4.39 Å². The first-order valence-corrected chi connectivity index (χ1v) is 14.4. The summed E-state index contributed by atoms with van der Waals surface area (Å²) in [6, 6.07) is 14.3. The molecule has 1 aromatic heterocycles. The zero-order valence-corrected chi connectivity index (χ0v) is 24.6. The van der Waals surface area contributed by atoms with Crippen LogP contribution >= 0.6 is 0 Å². The van der Waals surface area contributed by atoms with Crippen molar-refractivity contribution >= 4 is 17.8 Å². The average molecular weight is 607 g/mol. The highest BCUT2D eigenvalue weighted by molar-refractivity contribution is 5.87. The highest BCUT2D eigenvalue weighted by Crippen LogP contribution is 2.29. The number of fused-ring (bicyclic) bond motifs is 5. The van der Waals surface area contributed by atoms with Crippen molar-refractivity contribution in [3.63, 3.8) is 0 Å². The Morgan fingerprint density at radius 3 is 2.75 bits per heavy atom. The molecule has 2 aliphatic heterocycles. The van der Waals surface area contributed by atoms with Crippen LogP contribution in [-0.4, -0.2) is 73.7 Å². The smallest absolute Gasteiger partial charge is 0.356 e. The lowest BCUT2D eigenvalue weighted by atomic mass is 10.0. The minimum atomic E-state index is -0.522. The molecule has 1 fully saturated rings. The number of hydrogen-bond donors (Lipinski definition) is 2. The highest BCUT2D eigenvalue weighted by atomic mass is 19.1. The molecule has 5 rings (SSSR count). The van der Waals surface area contributed by atoms with Gasteiger partial charge in [0.1, 0.15) is 23.4 Å². The van der Waals surface area contributed by atoms with Gasteiger partial charge in [-0.05, 0) is 60.4 Å². The number of likely N-dealkylation sites (tertiary alicyclic amines) is 1. The molecule has 1 saturated heterocycles. The number of methoxy groups -OCH3 is 2. The molecule has 44 heavy (non-hydrogen) atoms. The molecule has 3 aromatic rings. The fourth-order valence-electron chi connectivity index (χ4n) is 5.33. The van der Waals surface area contributed by atoms with E-state index < -0.39 is 23.9 Å². The van der Waals surface area contributed by atoms with E-state index in [4.69, 9.17) is 18.9 Å². The van der Waals surface area contributed by atoms with Crippen molar-refractivity contribution in [2.24, 2.45) is 0 Å². The quantitative estimate of drug-likeness (QED) is 0.431. The van der Waals surface area contributed by atoms with Crippen LogP contribution in [0.2, 0.25) is 0 Å². The van der Waals surface area contributed by atoms with Crippen molar-refractivity contribution in [1.82, 2.24) is 20.5 Å².